The zero-order valence-corrected chi connectivity index (χ0v) is 16.4. The topological polar surface area (TPSA) is 29.5 Å². The van der Waals surface area contributed by atoms with E-state index in [4.69, 9.17) is 4.74 Å². The average molecular weight is 388 g/mol. The summed E-state index contributed by atoms with van der Waals surface area (Å²) in [5.74, 6) is 0.753. The molecule has 0 N–H and O–H groups in total. The van der Waals surface area contributed by atoms with Gasteiger partial charge in [0.2, 0.25) is 6.10 Å². The maximum atomic E-state index is 13.4. The molecule has 2 aliphatic rings. The van der Waals surface area contributed by atoms with Crippen molar-refractivity contribution in [3.05, 3.63) is 90.5 Å². The molecule has 3 aromatic carbocycles. The Labute approximate surface area is 169 Å². The molecule has 1 saturated heterocycles. The molecule has 2 heterocycles. The summed E-state index contributed by atoms with van der Waals surface area (Å²) >= 11 is 1.83. The summed E-state index contributed by atoms with van der Waals surface area (Å²) in [6, 6.07) is 28.2. The van der Waals surface area contributed by atoms with Crippen molar-refractivity contribution in [2.75, 3.05) is 4.90 Å². The second-order valence-corrected chi connectivity index (χ2v) is 8.86. The molecule has 3 aromatic rings. The van der Waals surface area contributed by atoms with Crippen LogP contribution in [0.5, 0.6) is 5.75 Å². The van der Waals surface area contributed by atoms with Gasteiger partial charge in [-0.05, 0) is 36.2 Å². The molecule has 0 aliphatic carbocycles. The maximum absolute atomic E-state index is 13.4. The number of ether oxygens (including phenoxy) is 1. The standard InChI is InChI=1S/C24H21NO2S/c1-17-16-24(18-10-4-2-5-11-18)22(27-19-12-6-3-7-13-19)23(26)25(24)20-14-8-9-15-21(20)28-17/h2-15,17,22H,16H2,1H3/t17-,22+,24-/m0/s1. The second kappa shape index (κ2) is 6.71. The van der Waals surface area contributed by atoms with E-state index < -0.39 is 11.6 Å². The van der Waals surface area contributed by atoms with Crippen molar-refractivity contribution < 1.29 is 9.53 Å². The van der Waals surface area contributed by atoms with E-state index >= 15 is 0 Å². The number of β-lactam (4-membered cyclic amide) rings is 1. The van der Waals surface area contributed by atoms with Gasteiger partial charge in [-0.1, -0.05) is 67.6 Å². The van der Waals surface area contributed by atoms with Crippen LogP contribution in [0.4, 0.5) is 5.69 Å². The Bertz CT molecular complexity index is 1010. The van der Waals surface area contributed by atoms with Crippen molar-refractivity contribution in [1.29, 1.82) is 0 Å². The first-order chi connectivity index (χ1) is 13.7. The maximum Gasteiger partial charge on any atom is 0.271 e. The molecular formula is C24H21NO2S. The van der Waals surface area contributed by atoms with Gasteiger partial charge >= 0.3 is 0 Å². The van der Waals surface area contributed by atoms with E-state index in [0.29, 0.717) is 5.25 Å². The van der Waals surface area contributed by atoms with Gasteiger partial charge in [-0.25, -0.2) is 0 Å². The first kappa shape index (κ1) is 17.4. The van der Waals surface area contributed by atoms with Crippen LogP contribution in [0.3, 0.4) is 0 Å². The Morgan fingerprint density at radius 3 is 2.32 bits per heavy atom. The van der Waals surface area contributed by atoms with Crippen molar-refractivity contribution in [3.63, 3.8) is 0 Å². The number of carbonyl (C=O) groups is 1. The summed E-state index contributed by atoms with van der Waals surface area (Å²) in [6.07, 6.45) is 0.297. The summed E-state index contributed by atoms with van der Waals surface area (Å²) in [4.78, 5) is 16.5. The van der Waals surface area contributed by atoms with Gasteiger partial charge in [0.05, 0.1) is 5.69 Å². The Hall–Kier alpha value is -2.72. The predicted molar refractivity (Wildman–Crippen MR) is 113 cm³/mol. The third-order valence-electron chi connectivity index (χ3n) is 5.58. The van der Waals surface area contributed by atoms with Crippen LogP contribution in [-0.2, 0) is 10.3 Å². The summed E-state index contributed by atoms with van der Waals surface area (Å²) in [7, 11) is 0. The third-order valence-corrected chi connectivity index (χ3v) is 6.75. The lowest BCUT2D eigenvalue weighted by Crippen LogP contribution is -2.74. The van der Waals surface area contributed by atoms with Gasteiger partial charge in [0.25, 0.3) is 5.91 Å². The molecule has 0 saturated carbocycles. The van der Waals surface area contributed by atoms with Crippen LogP contribution in [0, 0.1) is 0 Å². The van der Waals surface area contributed by atoms with Crippen LogP contribution in [0.25, 0.3) is 0 Å². The zero-order chi connectivity index (χ0) is 19.1. The van der Waals surface area contributed by atoms with E-state index in [1.54, 1.807) is 0 Å². The second-order valence-electron chi connectivity index (χ2n) is 7.38. The number of anilines is 1. The summed E-state index contributed by atoms with van der Waals surface area (Å²) in [6.45, 7) is 2.23. The van der Waals surface area contributed by atoms with Crippen molar-refractivity contribution in [2.24, 2.45) is 0 Å². The molecule has 0 bridgehead atoms. The fourth-order valence-electron chi connectivity index (χ4n) is 4.45. The predicted octanol–water partition coefficient (Wildman–Crippen LogP) is 5.26. The van der Waals surface area contributed by atoms with Gasteiger partial charge < -0.3 is 4.74 Å². The van der Waals surface area contributed by atoms with Crippen LogP contribution in [0.2, 0.25) is 0 Å². The quantitative estimate of drug-likeness (QED) is 0.574. The smallest absolute Gasteiger partial charge is 0.271 e. The lowest BCUT2D eigenvalue weighted by Gasteiger charge is -2.56. The molecular weight excluding hydrogens is 366 g/mol. The summed E-state index contributed by atoms with van der Waals surface area (Å²) in [5, 5.41) is 0.348. The molecule has 0 aromatic heterocycles. The number of carbonyl (C=O) groups excluding carboxylic acids is 1. The first-order valence-electron chi connectivity index (χ1n) is 9.57. The molecule has 0 unspecified atom stereocenters. The first-order valence-corrected chi connectivity index (χ1v) is 10.4. The van der Waals surface area contributed by atoms with Crippen molar-refractivity contribution in [1.82, 2.24) is 0 Å². The van der Waals surface area contributed by atoms with Crippen LogP contribution < -0.4 is 9.64 Å². The van der Waals surface area contributed by atoms with E-state index in [-0.39, 0.29) is 5.91 Å². The number of fused-ring (bicyclic) bond motifs is 3. The Balaban J connectivity index is 1.67. The molecule has 140 valence electrons. The number of nitrogens with zero attached hydrogens (tertiary/aromatic N) is 1. The van der Waals surface area contributed by atoms with E-state index in [1.807, 2.05) is 77.3 Å². The lowest BCUT2D eigenvalue weighted by molar-refractivity contribution is -0.142. The van der Waals surface area contributed by atoms with Gasteiger partial charge in [-0.3, -0.25) is 9.69 Å². The fraction of sp³-hybridized carbons (Fsp3) is 0.208. The van der Waals surface area contributed by atoms with E-state index in [1.165, 1.54) is 0 Å². The summed E-state index contributed by atoms with van der Waals surface area (Å²) < 4.78 is 6.31. The minimum absolute atomic E-state index is 0.0230. The molecule has 3 nitrogen and oxygen atoms in total. The fourth-order valence-corrected chi connectivity index (χ4v) is 5.66. The highest BCUT2D eigenvalue weighted by Gasteiger charge is 2.65. The highest BCUT2D eigenvalue weighted by molar-refractivity contribution is 8.00. The molecule has 0 spiro atoms. The van der Waals surface area contributed by atoms with Crippen molar-refractivity contribution in [2.45, 2.75) is 35.1 Å². The summed E-state index contributed by atoms with van der Waals surface area (Å²) in [5.41, 5.74) is 1.60. The number of benzene rings is 3. The Morgan fingerprint density at radius 2 is 1.57 bits per heavy atom. The van der Waals surface area contributed by atoms with Gasteiger partial charge in [0.15, 0.2) is 0 Å². The number of rotatable bonds is 3. The minimum Gasteiger partial charge on any atom is -0.478 e. The molecule has 1 amide bonds. The van der Waals surface area contributed by atoms with Crippen molar-refractivity contribution >= 4 is 23.4 Å². The van der Waals surface area contributed by atoms with Gasteiger partial charge in [0.1, 0.15) is 11.3 Å². The Kier molecular flexibility index (Phi) is 4.17. The monoisotopic (exact) mass is 387 g/mol. The largest absolute Gasteiger partial charge is 0.478 e. The molecule has 1 fully saturated rings. The number of amides is 1. The number of thioether (sulfide) groups is 1. The lowest BCUT2D eigenvalue weighted by atomic mass is 9.71. The normalized spacial score (nSPS) is 25.9. The van der Waals surface area contributed by atoms with Crippen LogP contribution in [0.15, 0.2) is 89.8 Å². The van der Waals surface area contributed by atoms with E-state index in [9.17, 15) is 4.79 Å². The minimum atomic E-state index is -0.536. The Morgan fingerprint density at radius 1 is 0.929 bits per heavy atom. The molecule has 2 aliphatic heterocycles. The SMILES string of the molecule is C[C@H]1C[C@]2(c3ccccc3)[C@H](Oc3ccccc3)C(=O)N2c2ccccc2S1. The number of hydrogen-bond donors (Lipinski definition) is 0. The average Bonchev–Trinajstić information content (AvgIpc) is 2.85. The van der Waals surface area contributed by atoms with Gasteiger partial charge in [0, 0.05) is 10.1 Å². The van der Waals surface area contributed by atoms with Crippen LogP contribution >= 0.6 is 11.8 Å². The highest BCUT2D eigenvalue weighted by Crippen LogP contribution is 2.55. The molecule has 5 rings (SSSR count). The van der Waals surface area contributed by atoms with E-state index in [2.05, 4.69) is 31.2 Å². The van der Waals surface area contributed by atoms with Crippen molar-refractivity contribution in [3.8, 4) is 5.75 Å². The van der Waals surface area contributed by atoms with Gasteiger partial charge in [-0.2, -0.15) is 0 Å². The van der Waals surface area contributed by atoms with Gasteiger partial charge in [-0.15, -0.1) is 11.8 Å². The van der Waals surface area contributed by atoms with Crippen LogP contribution in [-0.4, -0.2) is 17.3 Å². The molecule has 3 atom stereocenters. The molecule has 4 heteroatoms. The highest BCUT2D eigenvalue weighted by atomic mass is 32.2. The number of para-hydroxylation sites is 2. The van der Waals surface area contributed by atoms with Crippen LogP contribution in [0.1, 0.15) is 18.9 Å². The third kappa shape index (κ3) is 2.55. The zero-order valence-electron chi connectivity index (χ0n) is 15.6. The molecule has 28 heavy (non-hydrogen) atoms. The van der Waals surface area contributed by atoms with E-state index in [0.717, 1.165) is 28.3 Å². The molecule has 0 radical (unpaired) electrons. The number of hydrogen-bond acceptors (Lipinski definition) is 3.